The molecule has 6 N–H and O–H groups in total. The Morgan fingerprint density at radius 1 is 0.462 bits per heavy atom. The Morgan fingerprint density at radius 2 is 0.838 bits per heavy atom. The van der Waals surface area contributed by atoms with E-state index in [2.05, 4.69) is 79.8 Å². The van der Waals surface area contributed by atoms with Crippen molar-refractivity contribution in [1.29, 1.82) is 0 Å². The van der Waals surface area contributed by atoms with Gasteiger partial charge in [-0.25, -0.2) is 54.0 Å². The largest absolute Gasteiger partial charge is 0.490 e. The van der Waals surface area contributed by atoms with Crippen LogP contribution in [0.1, 0.15) is 68.7 Å². The molecule has 0 saturated carbocycles. The lowest BCUT2D eigenvalue weighted by molar-refractivity contribution is -0.116. The highest BCUT2D eigenvalue weighted by Crippen LogP contribution is 2.45. The molecule has 0 atom stereocenters. The zero-order valence-corrected chi connectivity index (χ0v) is 68.1. The Balaban J connectivity index is 0.000000144. The molecule has 5 aliphatic heterocycles. The van der Waals surface area contributed by atoms with E-state index in [1.165, 1.54) is 42.1 Å². The maximum atomic E-state index is 14.5. The van der Waals surface area contributed by atoms with Gasteiger partial charge in [-0.1, -0.05) is 11.6 Å². The van der Waals surface area contributed by atoms with Crippen molar-refractivity contribution in [1.82, 2.24) is 55.3 Å². The minimum absolute atomic E-state index is 0.0410. The number of nitrogens with one attached hydrogen (secondary N) is 6. The average Bonchev–Trinajstić information content (AvgIpc) is 1.76. The van der Waals surface area contributed by atoms with Gasteiger partial charge in [0, 0.05) is 100 Å². The molecule has 5 aromatic carbocycles. The first kappa shape index (κ1) is 84.8. The Kier molecular flexibility index (Phi) is 29.5. The normalized spacial score (nSPS) is 13.3. The van der Waals surface area contributed by atoms with E-state index >= 15 is 0 Å². The van der Waals surface area contributed by atoms with Crippen LogP contribution in [0.5, 0.6) is 28.7 Å². The number of imidazole rings is 5. The van der Waals surface area contributed by atoms with Crippen molar-refractivity contribution >= 4 is 98.7 Å². The predicted octanol–water partition coefficient (Wildman–Crippen LogP) is 12.0. The first-order valence-corrected chi connectivity index (χ1v) is 38.4. The molecule has 6 amide bonds. The molecular formula is C80H99ClFN21O14. The fourth-order valence-electron chi connectivity index (χ4n) is 13.5. The third-order valence-corrected chi connectivity index (χ3v) is 19.6. The second-order valence-electron chi connectivity index (χ2n) is 26.8. The van der Waals surface area contributed by atoms with Gasteiger partial charge in [0.2, 0.25) is 5.91 Å². The first-order valence-electron chi connectivity index (χ1n) is 38.1. The van der Waals surface area contributed by atoms with Crippen molar-refractivity contribution in [3.8, 4) is 28.7 Å². The van der Waals surface area contributed by atoms with Crippen molar-refractivity contribution in [2.45, 2.75) is 74.3 Å². The number of methoxy groups -OCH3 is 2. The molecule has 15 rings (SSSR count). The van der Waals surface area contributed by atoms with E-state index in [0.717, 1.165) is 117 Å². The van der Waals surface area contributed by atoms with Gasteiger partial charge in [0.25, 0.3) is 0 Å². The molecule has 117 heavy (non-hydrogen) atoms. The molecule has 622 valence electrons. The number of aromatic nitrogens is 10. The number of benzene rings is 5. The molecular weight excluding hydrogens is 1530 g/mol. The van der Waals surface area contributed by atoms with E-state index in [4.69, 9.17) is 49.5 Å². The fraction of sp³-hybridized carbons (Fsp3) is 0.375. The Labute approximate surface area is 681 Å². The number of fused-ring (bicyclic) bond motifs is 5. The van der Waals surface area contributed by atoms with Crippen molar-refractivity contribution in [2.75, 3.05) is 176 Å². The van der Waals surface area contributed by atoms with Crippen molar-refractivity contribution in [2.24, 2.45) is 0 Å². The summed E-state index contributed by atoms with van der Waals surface area (Å²) in [5, 5.41) is 0.453. The summed E-state index contributed by atoms with van der Waals surface area (Å²) in [7, 11) is 7.38. The Bertz CT molecular complexity index is 4890. The molecule has 35 nitrogen and oxygen atoms in total. The number of H-pyrrole nitrogens is 5. The van der Waals surface area contributed by atoms with E-state index in [-0.39, 0.29) is 17.7 Å². The molecule has 0 fully saturated rings. The maximum absolute atomic E-state index is 14.5. The molecule has 0 bridgehead atoms. The third-order valence-electron chi connectivity index (χ3n) is 19.4. The van der Waals surface area contributed by atoms with Gasteiger partial charge in [-0.3, -0.25) is 29.2 Å². The third kappa shape index (κ3) is 21.3. The van der Waals surface area contributed by atoms with Crippen LogP contribution in [-0.4, -0.2) is 207 Å². The number of carbonyl (C=O) groups excluding carboxylic acids is 5. The smallest absolute Gasteiger partial charge is 0.414 e. The second kappa shape index (κ2) is 40.7. The summed E-state index contributed by atoms with van der Waals surface area (Å²) >= 11 is 6.36. The van der Waals surface area contributed by atoms with Gasteiger partial charge < -0.3 is 92.2 Å². The van der Waals surface area contributed by atoms with E-state index in [9.17, 15) is 28.4 Å². The minimum Gasteiger partial charge on any atom is -0.490 e. The summed E-state index contributed by atoms with van der Waals surface area (Å²) in [4.78, 5) is 118. The number of aromatic amines is 5. The van der Waals surface area contributed by atoms with Crippen LogP contribution in [0.25, 0.3) is 0 Å². The molecule has 0 saturated heterocycles. The van der Waals surface area contributed by atoms with Gasteiger partial charge in [0.15, 0.2) is 17.3 Å². The van der Waals surface area contributed by atoms with Crippen LogP contribution in [-0.2, 0) is 56.6 Å². The van der Waals surface area contributed by atoms with Crippen LogP contribution in [0.4, 0.5) is 80.4 Å². The lowest BCUT2D eigenvalue weighted by Gasteiger charge is -2.33. The molecule has 0 aliphatic carbocycles. The number of carbonyl (C=O) groups is 5. The van der Waals surface area contributed by atoms with Crippen molar-refractivity contribution in [3.05, 3.63) is 180 Å². The lowest BCUT2D eigenvalue weighted by Crippen LogP contribution is -2.37. The molecule has 0 spiro atoms. The van der Waals surface area contributed by atoms with E-state index in [1.807, 2.05) is 98.9 Å². The summed E-state index contributed by atoms with van der Waals surface area (Å²) in [5.41, 5.74) is 16.2. The number of amides is 6. The number of hydrogen-bond acceptors (Lipinski definition) is 24. The highest BCUT2D eigenvalue weighted by atomic mass is 35.5. The lowest BCUT2D eigenvalue weighted by atomic mass is 10.1. The van der Waals surface area contributed by atoms with Gasteiger partial charge in [0.1, 0.15) is 50.3 Å². The van der Waals surface area contributed by atoms with Gasteiger partial charge >= 0.3 is 24.3 Å². The molecule has 0 radical (unpaired) electrons. The Hall–Kier alpha value is -13.1. The highest BCUT2D eigenvalue weighted by Gasteiger charge is 2.31. The summed E-state index contributed by atoms with van der Waals surface area (Å²) in [5.74, 6) is 2.90. The molecule has 37 heteroatoms. The number of urea groups is 1. The fourth-order valence-corrected chi connectivity index (χ4v) is 13.8. The highest BCUT2D eigenvalue weighted by molar-refractivity contribution is 6.33. The van der Waals surface area contributed by atoms with Gasteiger partial charge in [0.05, 0.1) is 193 Å². The number of ether oxygens (including phenoxy) is 8. The number of hydroxylamine groups is 1. The number of hydrogen-bond donors (Lipinski definition) is 6. The first-order chi connectivity index (χ1) is 56.7. The van der Waals surface area contributed by atoms with Crippen LogP contribution >= 0.6 is 11.6 Å². The number of aryl methyl sites for hydroxylation is 1. The van der Waals surface area contributed by atoms with Crippen molar-refractivity contribution in [3.63, 3.8) is 0 Å². The van der Waals surface area contributed by atoms with Crippen LogP contribution in [0, 0.1) is 12.7 Å². The maximum Gasteiger partial charge on any atom is 0.414 e. The van der Waals surface area contributed by atoms with Gasteiger partial charge in [-0.2, -0.15) is 0 Å². The zero-order valence-electron chi connectivity index (χ0n) is 67.3. The molecule has 5 aromatic heterocycles. The summed E-state index contributed by atoms with van der Waals surface area (Å²) in [6.07, 6.45) is 16.0. The van der Waals surface area contributed by atoms with Crippen molar-refractivity contribution < 1.29 is 71.1 Å². The summed E-state index contributed by atoms with van der Waals surface area (Å²) in [6.45, 7) is 22.9. The minimum atomic E-state index is -0.534. The Morgan fingerprint density at radius 3 is 1.25 bits per heavy atom. The SMILES string of the molecule is CCN(C(=O)OC)c1cc(F)c2c(c1)N(Cc1cnc[nH]1)CCO2.CCN(C(C)=O)c1ccc2c(c1)N(Cc1cnc[nH]1)CCO2.CCOC(=O)N(CC)c1ccc2c(c1)N(Cc1cnc[nH]1)CCO2.COC(=O)N(C)c1cc(C)c2c(c1)N(Cc1cnc[nH]1)CCO2.CONC(=O)N(C)c1cc(Cl)c2c(c1)N(Cc1cnc[nH]1)CCO2. The van der Waals surface area contributed by atoms with E-state index in [1.54, 1.807) is 101 Å². The topological polar surface area (TPSA) is 356 Å². The summed E-state index contributed by atoms with van der Waals surface area (Å²) < 4.78 is 57.7. The number of rotatable bonds is 20. The monoisotopic (exact) mass is 1630 g/mol. The molecule has 10 heterocycles. The molecule has 0 unspecified atom stereocenters. The van der Waals surface area contributed by atoms with Crippen LogP contribution < -0.4 is 78.2 Å². The number of halogens is 2. The predicted molar refractivity (Wildman–Crippen MR) is 441 cm³/mol. The van der Waals surface area contributed by atoms with Crippen LogP contribution in [0.3, 0.4) is 0 Å². The number of nitrogens with zero attached hydrogens (tertiary/aromatic N) is 15. The van der Waals surface area contributed by atoms with E-state index in [0.29, 0.717) is 126 Å². The zero-order chi connectivity index (χ0) is 83.1. The van der Waals surface area contributed by atoms with Crippen LogP contribution in [0.2, 0.25) is 5.02 Å². The second-order valence-corrected chi connectivity index (χ2v) is 27.2. The van der Waals surface area contributed by atoms with Gasteiger partial charge in [-0.05, 0) is 107 Å². The average molecular weight is 1630 g/mol. The van der Waals surface area contributed by atoms with E-state index < -0.39 is 24.0 Å². The molecule has 10 aromatic rings. The van der Waals surface area contributed by atoms with Gasteiger partial charge in [-0.15, -0.1) is 0 Å². The summed E-state index contributed by atoms with van der Waals surface area (Å²) in [6, 6.07) is 21.7. The quantitative estimate of drug-likeness (QED) is 0.0305. The molecule has 5 aliphatic rings. The number of anilines is 10. The standard InChI is InChI=1S/C17H22N4O3.C16H19FN4O3.C16H20N4O3.C16H20N4O2.C15H18ClN5O3/c1-3-21(17(22)23-4-2)14-5-6-16-15(9-14)20(7-8-24-16)11-13-10-18-12-19-13;1-3-21(16(22)23-2)12-6-13(17)15-14(7-12)20(4-5-24-15)9-11-8-18-10-19-11;1-11-6-13(19(2)16(21)22-3)7-14-15(11)23-5-4-20(14)9-12-8-17-10-18-12;1-3-20(12(2)21)14-4-5-16-15(8-14)19(6-7-22-16)10-13-9-17-11-18-13;1-20(15(22)19-23-2)11-5-12(16)14-13(6-11)21(3-4-24-14)8-10-7-17-9-18-10/h5-6,9-10,12H,3-4,7-8,11H2,1-2H3,(H,18,19);6-8,10H,3-5,9H2,1-2H3,(H,18,19);6-8,10H,4-5,9H2,1-3H3,(H,17,18);4-5,8-9,11H,3,6-7,10H2,1-2H3,(H,17,18);5-7,9H,3-4,8H2,1-2H3,(H,17,18)(H,19,22). The van der Waals surface area contributed by atoms with Crippen LogP contribution in [0.15, 0.2) is 135 Å².